The van der Waals surface area contributed by atoms with Crippen LogP contribution in [-0.2, 0) is 0 Å². The summed E-state index contributed by atoms with van der Waals surface area (Å²) in [5.41, 5.74) is 0.0994. The number of aromatic nitrogens is 1. The summed E-state index contributed by atoms with van der Waals surface area (Å²) >= 11 is 0. The van der Waals surface area contributed by atoms with Crippen LogP contribution in [0.3, 0.4) is 0 Å². The van der Waals surface area contributed by atoms with E-state index in [1.807, 2.05) is 19.9 Å². The fraction of sp³-hybridized carbons (Fsp3) is 0.364. The molecular formula is C11H12FN3O. The lowest BCUT2D eigenvalue weighted by Gasteiger charge is -2.14. The molecule has 0 aliphatic carbocycles. The van der Waals surface area contributed by atoms with Crippen LogP contribution in [0, 0.1) is 23.1 Å². The molecule has 1 heterocycles. The Morgan fingerprint density at radius 2 is 2.25 bits per heavy atom. The van der Waals surface area contributed by atoms with Gasteiger partial charge in [-0.15, -0.1) is 0 Å². The molecule has 84 valence electrons. The van der Waals surface area contributed by atoms with E-state index in [2.05, 4.69) is 10.3 Å². The minimum Gasteiger partial charge on any atom is -0.335 e. The third kappa shape index (κ3) is 3.02. The van der Waals surface area contributed by atoms with E-state index in [9.17, 15) is 9.18 Å². The van der Waals surface area contributed by atoms with E-state index in [0.717, 1.165) is 12.3 Å². The molecule has 16 heavy (non-hydrogen) atoms. The smallest absolute Gasteiger partial charge is 0.270 e. The average Bonchev–Trinajstić information content (AvgIpc) is 2.26. The van der Waals surface area contributed by atoms with Crippen molar-refractivity contribution >= 4 is 5.91 Å². The molecule has 0 aliphatic heterocycles. The molecular weight excluding hydrogens is 209 g/mol. The van der Waals surface area contributed by atoms with Crippen LogP contribution in [0.1, 0.15) is 24.3 Å². The second-order valence-electron chi connectivity index (χ2n) is 3.69. The Bertz CT molecular complexity index is 408. The molecule has 0 radical (unpaired) electrons. The zero-order valence-electron chi connectivity index (χ0n) is 9.07. The highest BCUT2D eigenvalue weighted by Gasteiger charge is 2.16. The van der Waals surface area contributed by atoms with Gasteiger partial charge < -0.3 is 5.32 Å². The zero-order valence-corrected chi connectivity index (χ0v) is 9.07. The summed E-state index contributed by atoms with van der Waals surface area (Å²) in [4.78, 5) is 15.2. The molecule has 0 spiro atoms. The largest absolute Gasteiger partial charge is 0.335 e. The van der Waals surface area contributed by atoms with Crippen LogP contribution in [0.2, 0.25) is 0 Å². The maximum atomic E-state index is 12.6. The fourth-order valence-electron chi connectivity index (χ4n) is 1.07. The topological polar surface area (TPSA) is 65.8 Å². The maximum Gasteiger partial charge on any atom is 0.270 e. The van der Waals surface area contributed by atoms with Crippen molar-refractivity contribution in [3.05, 3.63) is 29.8 Å². The van der Waals surface area contributed by atoms with Gasteiger partial charge in [0.2, 0.25) is 0 Å². The first-order chi connectivity index (χ1) is 7.54. The highest BCUT2D eigenvalue weighted by atomic mass is 19.1. The van der Waals surface area contributed by atoms with Crippen molar-refractivity contribution in [3.63, 3.8) is 0 Å². The number of hydrogen-bond acceptors (Lipinski definition) is 3. The number of carbonyl (C=O) groups is 1. The molecule has 1 aromatic heterocycles. The molecule has 1 atom stereocenters. The van der Waals surface area contributed by atoms with E-state index in [1.165, 1.54) is 6.07 Å². The van der Waals surface area contributed by atoms with E-state index >= 15 is 0 Å². The molecule has 0 aliphatic rings. The van der Waals surface area contributed by atoms with Crippen molar-refractivity contribution in [2.24, 2.45) is 5.92 Å². The summed E-state index contributed by atoms with van der Waals surface area (Å²) in [6, 6.07) is 3.84. The molecule has 4 nitrogen and oxygen atoms in total. The van der Waals surface area contributed by atoms with Crippen LogP contribution in [0.5, 0.6) is 0 Å². The summed E-state index contributed by atoms with van der Waals surface area (Å²) in [5, 5.41) is 11.3. The predicted octanol–water partition coefficient (Wildman–Crippen LogP) is 1.50. The Balaban J connectivity index is 2.73. The lowest BCUT2D eigenvalue weighted by molar-refractivity contribution is 0.0932. The van der Waals surface area contributed by atoms with Gasteiger partial charge in [-0.25, -0.2) is 9.37 Å². The number of hydrogen-bond donors (Lipinski definition) is 1. The van der Waals surface area contributed by atoms with Gasteiger partial charge >= 0.3 is 0 Å². The fourth-order valence-corrected chi connectivity index (χ4v) is 1.07. The summed E-state index contributed by atoms with van der Waals surface area (Å²) in [7, 11) is 0. The number of halogens is 1. The van der Waals surface area contributed by atoms with Gasteiger partial charge in [-0.05, 0) is 18.1 Å². The second kappa shape index (κ2) is 5.21. The van der Waals surface area contributed by atoms with E-state index in [4.69, 9.17) is 5.26 Å². The number of amides is 1. The number of carbonyl (C=O) groups excluding carboxylic acids is 1. The standard InChI is InChI=1S/C11H12FN3O/c1-7(2)10(5-13)15-11(16)9-4-3-8(12)6-14-9/h3-4,6-7,10H,1-2H3,(H,15,16). The normalized spacial score (nSPS) is 11.9. The van der Waals surface area contributed by atoms with Gasteiger partial charge in [0.05, 0.1) is 12.3 Å². The maximum absolute atomic E-state index is 12.6. The highest BCUT2D eigenvalue weighted by molar-refractivity contribution is 5.92. The number of nitrogens with zero attached hydrogens (tertiary/aromatic N) is 2. The van der Waals surface area contributed by atoms with Crippen LogP contribution >= 0.6 is 0 Å². The number of rotatable bonds is 3. The van der Waals surface area contributed by atoms with Crippen LogP contribution < -0.4 is 5.32 Å². The minimum absolute atomic E-state index is 0.00870. The van der Waals surface area contributed by atoms with E-state index in [-0.39, 0.29) is 11.6 Å². The van der Waals surface area contributed by atoms with E-state index < -0.39 is 17.8 Å². The van der Waals surface area contributed by atoms with Crippen molar-refractivity contribution in [1.82, 2.24) is 10.3 Å². The summed E-state index contributed by atoms with van der Waals surface area (Å²) in [5.74, 6) is -0.966. The molecule has 0 saturated heterocycles. The van der Waals surface area contributed by atoms with Crippen LogP contribution in [0.4, 0.5) is 4.39 Å². The summed E-state index contributed by atoms with van der Waals surface area (Å²) in [6.45, 7) is 3.65. The first-order valence-corrected chi connectivity index (χ1v) is 4.86. The number of nitriles is 1. The Morgan fingerprint density at radius 1 is 1.56 bits per heavy atom. The van der Waals surface area contributed by atoms with Gasteiger partial charge in [-0.2, -0.15) is 5.26 Å². The van der Waals surface area contributed by atoms with Gasteiger partial charge in [-0.1, -0.05) is 13.8 Å². The SMILES string of the molecule is CC(C)C(C#N)NC(=O)c1ccc(F)cn1. The number of nitrogens with one attached hydrogen (secondary N) is 1. The van der Waals surface area contributed by atoms with Gasteiger partial charge in [0.1, 0.15) is 17.6 Å². The van der Waals surface area contributed by atoms with Crippen molar-refractivity contribution in [2.75, 3.05) is 0 Å². The van der Waals surface area contributed by atoms with Crippen molar-refractivity contribution < 1.29 is 9.18 Å². The third-order valence-corrected chi connectivity index (χ3v) is 2.05. The first kappa shape index (κ1) is 12.1. The van der Waals surface area contributed by atoms with Crippen molar-refractivity contribution in [3.8, 4) is 6.07 Å². The molecule has 1 amide bonds. The molecule has 1 rings (SSSR count). The Labute approximate surface area is 93.1 Å². The van der Waals surface area contributed by atoms with Gasteiger partial charge in [0.15, 0.2) is 0 Å². The Morgan fingerprint density at radius 3 is 2.69 bits per heavy atom. The molecule has 0 fully saturated rings. The molecule has 0 bridgehead atoms. The van der Waals surface area contributed by atoms with Crippen LogP contribution in [0.25, 0.3) is 0 Å². The van der Waals surface area contributed by atoms with E-state index in [0.29, 0.717) is 0 Å². The van der Waals surface area contributed by atoms with Crippen LogP contribution in [-0.4, -0.2) is 16.9 Å². The van der Waals surface area contributed by atoms with Gasteiger partial charge in [0, 0.05) is 0 Å². The summed E-state index contributed by atoms with van der Waals surface area (Å²) in [6.07, 6.45) is 0.964. The first-order valence-electron chi connectivity index (χ1n) is 4.86. The molecule has 1 aromatic rings. The highest BCUT2D eigenvalue weighted by Crippen LogP contribution is 2.03. The second-order valence-corrected chi connectivity index (χ2v) is 3.69. The zero-order chi connectivity index (χ0) is 12.1. The Kier molecular flexibility index (Phi) is 3.95. The van der Waals surface area contributed by atoms with Gasteiger partial charge in [0.25, 0.3) is 5.91 Å². The molecule has 5 heteroatoms. The number of pyridine rings is 1. The molecule has 0 saturated carbocycles. The lowest BCUT2D eigenvalue weighted by atomic mass is 10.1. The minimum atomic E-state index is -0.570. The van der Waals surface area contributed by atoms with Crippen molar-refractivity contribution in [2.45, 2.75) is 19.9 Å². The summed E-state index contributed by atoms with van der Waals surface area (Å²) < 4.78 is 12.6. The predicted molar refractivity (Wildman–Crippen MR) is 55.9 cm³/mol. The van der Waals surface area contributed by atoms with Crippen LogP contribution in [0.15, 0.2) is 18.3 Å². The third-order valence-electron chi connectivity index (χ3n) is 2.05. The lowest BCUT2D eigenvalue weighted by Crippen LogP contribution is -2.37. The molecule has 1 N–H and O–H groups in total. The quantitative estimate of drug-likeness (QED) is 0.841. The molecule has 0 aromatic carbocycles. The Hall–Kier alpha value is -1.96. The average molecular weight is 221 g/mol. The van der Waals surface area contributed by atoms with Gasteiger partial charge in [-0.3, -0.25) is 4.79 Å². The van der Waals surface area contributed by atoms with Crippen molar-refractivity contribution in [1.29, 1.82) is 5.26 Å². The monoisotopic (exact) mass is 221 g/mol. The van der Waals surface area contributed by atoms with E-state index in [1.54, 1.807) is 0 Å². The molecule has 1 unspecified atom stereocenters.